The Labute approximate surface area is 191 Å². The molecule has 1 aliphatic heterocycles. The van der Waals surface area contributed by atoms with Crippen LogP contribution >= 0.6 is 0 Å². The molecule has 32 heavy (non-hydrogen) atoms. The summed E-state index contributed by atoms with van der Waals surface area (Å²) >= 11 is 0. The number of carbonyl (C=O) groups excluding carboxylic acids is 2. The van der Waals surface area contributed by atoms with Gasteiger partial charge in [-0.25, -0.2) is 9.97 Å². The maximum atomic E-state index is 12.9. The summed E-state index contributed by atoms with van der Waals surface area (Å²) in [5.41, 5.74) is 3.32. The Morgan fingerprint density at radius 1 is 1.25 bits per heavy atom. The molecule has 7 heteroatoms. The molecule has 0 saturated carbocycles. The van der Waals surface area contributed by atoms with E-state index in [1.165, 1.54) is 0 Å². The molecule has 0 radical (unpaired) electrons. The van der Waals surface area contributed by atoms with Crippen LogP contribution in [0, 0.1) is 17.3 Å². The molecule has 7 nitrogen and oxygen atoms in total. The van der Waals surface area contributed by atoms with Crippen molar-refractivity contribution in [3.8, 4) is 11.4 Å². The first kappa shape index (κ1) is 23.8. The first-order chi connectivity index (χ1) is 15.0. The highest BCUT2D eigenvalue weighted by Crippen LogP contribution is 2.43. The molecule has 2 amide bonds. The molecular weight excluding hydrogens is 402 g/mol. The fourth-order valence-corrected chi connectivity index (χ4v) is 4.47. The van der Waals surface area contributed by atoms with Crippen molar-refractivity contribution in [3.63, 3.8) is 0 Å². The van der Waals surface area contributed by atoms with E-state index in [4.69, 9.17) is 4.98 Å². The molecule has 1 N–H and O–H groups in total. The highest BCUT2D eigenvalue weighted by atomic mass is 16.2. The maximum absolute atomic E-state index is 12.9. The highest BCUT2D eigenvalue weighted by molar-refractivity contribution is 5.98. The number of rotatable bonds is 6. The minimum absolute atomic E-state index is 0.00413. The summed E-state index contributed by atoms with van der Waals surface area (Å²) in [6.07, 6.45) is 6.43. The van der Waals surface area contributed by atoms with E-state index < -0.39 is 0 Å². The molecule has 0 spiro atoms. The standard InChI is InChI=1S/C25H35N5O2/c1-8-17-21(15(2)3)22-19(30(7)24(17)32)14-28-23(29-22)18-9-10-26-12-16(18)13-27-20(31)11-25(4,5)6/h9-10,12,14-15,17,21H,8,11,13H2,1-7H3,(H,27,31)/t17-,21?/m0/s1. The Balaban J connectivity index is 1.96. The number of hydrogen-bond donors (Lipinski definition) is 1. The number of amides is 2. The molecule has 3 heterocycles. The van der Waals surface area contributed by atoms with Crippen LogP contribution in [-0.2, 0) is 16.1 Å². The van der Waals surface area contributed by atoms with Gasteiger partial charge in [-0.2, -0.15) is 0 Å². The van der Waals surface area contributed by atoms with Gasteiger partial charge < -0.3 is 10.2 Å². The summed E-state index contributed by atoms with van der Waals surface area (Å²) < 4.78 is 0. The van der Waals surface area contributed by atoms with Crippen LogP contribution in [0.25, 0.3) is 11.4 Å². The van der Waals surface area contributed by atoms with E-state index in [-0.39, 0.29) is 35.0 Å². The molecule has 2 aromatic heterocycles. The first-order valence-electron chi connectivity index (χ1n) is 11.4. The van der Waals surface area contributed by atoms with Gasteiger partial charge >= 0.3 is 0 Å². The molecule has 0 bridgehead atoms. The molecule has 3 rings (SSSR count). The Kier molecular flexibility index (Phi) is 6.96. The van der Waals surface area contributed by atoms with E-state index in [0.29, 0.717) is 18.8 Å². The van der Waals surface area contributed by atoms with E-state index >= 15 is 0 Å². The average Bonchev–Trinajstić information content (AvgIpc) is 2.73. The van der Waals surface area contributed by atoms with E-state index in [0.717, 1.165) is 28.9 Å². The second kappa shape index (κ2) is 9.35. The zero-order chi connectivity index (χ0) is 23.6. The quantitative estimate of drug-likeness (QED) is 0.726. The van der Waals surface area contributed by atoms with E-state index in [1.54, 1.807) is 30.5 Å². The molecule has 1 aliphatic rings. The van der Waals surface area contributed by atoms with E-state index in [9.17, 15) is 9.59 Å². The summed E-state index contributed by atoms with van der Waals surface area (Å²) in [5.74, 6) is 0.939. The van der Waals surface area contributed by atoms with Gasteiger partial charge in [0.25, 0.3) is 0 Å². The lowest BCUT2D eigenvalue weighted by Crippen LogP contribution is -2.43. The van der Waals surface area contributed by atoms with Gasteiger partial charge in [-0.05, 0) is 23.8 Å². The normalized spacial score (nSPS) is 18.6. The van der Waals surface area contributed by atoms with Crippen molar-refractivity contribution in [2.24, 2.45) is 17.3 Å². The van der Waals surface area contributed by atoms with Crippen LogP contribution in [0.15, 0.2) is 24.7 Å². The van der Waals surface area contributed by atoms with Gasteiger partial charge in [0.2, 0.25) is 11.8 Å². The van der Waals surface area contributed by atoms with Crippen LogP contribution in [-0.4, -0.2) is 33.8 Å². The summed E-state index contributed by atoms with van der Waals surface area (Å²) in [6.45, 7) is 12.8. The minimum atomic E-state index is -0.0937. The van der Waals surface area contributed by atoms with Crippen LogP contribution in [0.2, 0.25) is 0 Å². The van der Waals surface area contributed by atoms with Crippen molar-refractivity contribution in [2.45, 2.75) is 66.8 Å². The van der Waals surface area contributed by atoms with Gasteiger partial charge in [-0.15, -0.1) is 0 Å². The molecule has 1 unspecified atom stereocenters. The number of nitrogens with zero attached hydrogens (tertiary/aromatic N) is 4. The van der Waals surface area contributed by atoms with Gasteiger partial charge in [0, 0.05) is 55.4 Å². The number of pyridine rings is 1. The lowest BCUT2D eigenvalue weighted by Gasteiger charge is -2.38. The second-order valence-electron chi connectivity index (χ2n) is 10.2. The lowest BCUT2D eigenvalue weighted by atomic mass is 9.76. The molecular formula is C25H35N5O2. The third-order valence-corrected chi connectivity index (χ3v) is 6.03. The highest BCUT2D eigenvalue weighted by Gasteiger charge is 2.41. The smallest absolute Gasteiger partial charge is 0.230 e. The van der Waals surface area contributed by atoms with Crippen molar-refractivity contribution in [1.29, 1.82) is 0 Å². The number of hydrogen-bond acceptors (Lipinski definition) is 5. The summed E-state index contributed by atoms with van der Waals surface area (Å²) in [5, 5.41) is 3.00. The van der Waals surface area contributed by atoms with Gasteiger partial charge in [0.15, 0.2) is 5.82 Å². The fourth-order valence-electron chi connectivity index (χ4n) is 4.47. The van der Waals surface area contributed by atoms with Crippen molar-refractivity contribution < 1.29 is 9.59 Å². The van der Waals surface area contributed by atoms with E-state index in [1.807, 2.05) is 26.8 Å². The van der Waals surface area contributed by atoms with Crippen LogP contribution in [0.3, 0.4) is 0 Å². The fraction of sp³-hybridized carbons (Fsp3) is 0.560. The minimum Gasteiger partial charge on any atom is -0.352 e. The van der Waals surface area contributed by atoms with Gasteiger partial charge in [-0.1, -0.05) is 41.5 Å². The average molecular weight is 438 g/mol. The first-order valence-corrected chi connectivity index (χ1v) is 11.4. The molecule has 2 atom stereocenters. The molecule has 0 fully saturated rings. The Morgan fingerprint density at radius 3 is 2.59 bits per heavy atom. The van der Waals surface area contributed by atoms with E-state index in [2.05, 4.69) is 36.1 Å². The number of nitrogens with one attached hydrogen (secondary N) is 1. The van der Waals surface area contributed by atoms with Crippen molar-refractivity contribution in [2.75, 3.05) is 11.9 Å². The van der Waals surface area contributed by atoms with Gasteiger partial charge in [0.05, 0.1) is 17.6 Å². The number of aromatic nitrogens is 3. The summed E-state index contributed by atoms with van der Waals surface area (Å²) in [6, 6.07) is 1.88. The van der Waals surface area contributed by atoms with Crippen molar-refractivity contribution in [1.82, 2.24) is 20.3 Å². The predicted octanol–water partition coefficient (Wildman–Crippen LogP) is 4.33. The van der Waals surface area contributed by atoms with Crippen LogP contribution in [0.1, 0.15) is 71.6 Å². The Hall–Kier alpha value is -2.83. The van der Waals surface area contributed by atoms with Crippen LogP contribution in [0.4, 0.5) is 5.69 Å². The number of fused-ring (bicyclic) bond motifs is 1. The third kappa shape index (κ3) is 4.97. The monoisotopic (exact) mass is 437 g/mol. The summed E-state index contributed by atoms with van der Waals surface area (Å²) in [7, 11) is 1.80. The van der Waals surface area contributed by atoms with Gasteiger partial charge in [-0.3, -0.25) is 14.6 Å². The summed E-state index contributed by atoms with van der Waals surface area (Å²) in [4.78, 5) is 40.7. The third-order valence-electron chi connectivity index (χ3n) is 6.03. The maximum Gasteiger partial charge on any atom is 0.230 e. The topological polar surface area (TPSA) is 88.1 Å². The second-order valence-corrected chi connectivity index (χ2v) is 10.2. The molecule has 0 saturated heterocycles. The lowest BCUT2D eigenvalue weighted by molar-refractivity contribution is -0.124. The van der Waals surface area contributed by atoms with Crippen molar-refractivity contribution in [3.05, 3.63) is 35.9 Å². The Bertz CT molecular complexity index is 996. The number of carbonyl (C=O) groups is 2. The zero-order valence-electron chi connectivity index (χ0n) is 20.3. The SMILES string of the molecule is CC[C@@H]1C(=O)N(C)c2cnc(-c3ccncc3CNC(=O)CC(C)(C)C)nc2C1C(C)C. The zero-order valence-corrected chi connectivity index (χ0v) is 20.3. The predicted molar refractivity (Wildman–Crippen MR) is 126 cm³/mol. The molecule has 0 aromatic carbocycles. The van der Waals surface area contributed by atoms with Crippen molar-refractivity contribution >= 4 is 17.5 Å². The Morgan fingerprint density at radius 2 is 1.97 bits per heavy atom. The molecule has 172 valence electrons. The number of anilines is 1. The largest absolute Gasteiger partial charge is 0.352 e. The van der Waals surface area contributed by atoms with Crippen LogP contribution < -0.4 is 10.2 Å². The molecule has 0 aliphatic carbocycles. The van der Waals surface area contributed by atoms with Gasteiger partial charge in [0.1, 0.15) is 0 Å². The molecule has 2 aromatic rings. The van der Waals surface area contributed by atoms with Crippen LogP contribution in [0.5, 0.6) is 0 Å².